The highest BCUT2D eigenvalue weighted by Crippen LogP contribution is 2.24. The van der Waals surface area contributed by atoms with Crippen LogP contribution in [0.2, 0.25) is 0 Å². The van der Waals surface area contributed by atoms with Crippen LogP contribution in [0.1, 0.15) is 27.7 Å². The molecule has 0 aromatic rings. The van der Waals surface area contributed by atoms with Gasteiger partial charge in [0.25, 0.3) is 0 Å². The molecule has 0 heteroatoms. The normalized spacial score (nSPS) is 21.1. The Morgan fingerprint density at radius 2 is 1.89 bits per heavy atom. The molecule has 0 unspecified atom stereocenters. The summed E-state index contributed by atoms with van der Waals surface area (Å²) in [6, 6.07) is 0. The third-order valence-corrected chi connectivity index (χ3v) is 1.44. The fourth-order valence-electron chi connectivity index (χ4n) is 0.834. The number of rotatable bonds is 0. The molecule has 0 N–H and O–H groups in total. The molecule has 1 rings (SSSR count). The summed E-state index contributed by atoms with van der Waals surface area (Å²) in [5.74, 6) is 0. The van der Waals surface area contributed by atoms with Gasteiger partial charge in [-0.05, 0) is 11.8 Å². The first-order valence-corrected chi connectivity index (χ1v) is 3.05. The van der Waals surface area contributed by atoms with Crippen LogP contribution in [-0.2, 0) is 0 Å². The van der Waals surface area contributed by atoms with E-state index in [1.807, 2.05) is 0 Å². The summed E-state index contributed by atoms with van der Waals surface area (Å²) < 4.78 is 0. The van der Waals surface area contributed by atoms with Gasteiger partial charge in [0.05, 0.1) is 0 Å². The summed E-state index contributed by atoms with van der Waals surface area (Å²) in [5, 5.41) is 0. The van der Waals surface area contributed by atoms with Crippen LogP contribution in [-0.4, -0.2) is 0 Å². The first-order valence-electron chi connectivity index (χ1n) is 3.05. The fourth-order valence-corrected chi connectivity index (χ4v) is 0.834. The average Bonchev–Trinajstić information content (AvgIpc) is 1.65. The molecular weight excluding hydrogens is 108 g/mol. The maximum absolute atomic E-state index is 2.24. The van der Waals surface area contributed by atoms with E-state index in [0.717, 1.165) is 0 Å². The van der Waals surface area contributed by atoms with Crippen molar-refractivity contribution < 1.29 is 0 Å². The molecule has 9 heavy (non-hydrogen) atoms. The Kier molecular flexibility index (Phi) is 2.69. The highest BCUT2D eigenvalue weighted by Gasteiger charge is 2.11. The highest BCUT2D eigenvalue weighted by atomic mass is 14.2. The van der Waals surface area contributed by atoms with Gasteiger partial charge in [-0.1, -0.05) is 45.6 Å². The summed E-state index contributed by atoms with van der Waals surface area (Å²) in [6.45, 7) is 4.49. The lowest BCUT2D eigenvalue weighted by molar-refractivity contribution is 0.484. The maximum atomic E-state index is 2.24. The molecule has 0 aromatic heterocycles. The van der Waals surface area contributed by atoms with Crippen molar-refractivity contribution in [1.29, 1.82) is 0 Å². The van der Waals surface area contributed by atoms with Gasteiger partial charge in [-0.2, -0.15) is 0 Å². The van der Waals surface area contributed by atoms with Crippen LogP contribution in [0.4, 0.5) is 0 Å². The Morgan fingerprint density at radius 1 is 1.22 bits per heavy atom. The number of hydrogen-bond donors (Lipinski definition) is 0. The molecule has 0 amide bonds. The summed E-state index contributed by atoms with van der Waals surface area (Å²) in [5.41, 5.74) is 0.411. The van der Waals surface area contributed by atoms with Gasteiger partial charge in [-0.15, -0.1) is 0 Å². The zero-order valence-corrected chi connectivity index (χ0v) is 5.52. The Balaban J connectivity index is 0.000000640. The second kappa shape index (κ2) is 2.86. The summed E-state index contributed by atoms with van der Waals surface area (Å²) in [6.07, 6.45) is 9.85. The minimum Gasteiger partial charge on any atom is -0.0837 e. The van der Waals surface area contributed by atoms with Crippen LogP contribution >= 0.6 is 0 Å². The van der Waals surface area contributed by atoms with Gasteiger partial charge in [0.1, 0.15) is 0 Å². The molecule has 0 radical (unpaired) electrons. The minimum absolute atomic E-state index is 0. The van der Waals surface area contributed by atoms with Gasteiger partial charge < -0.3 is 0 Å². The van der Waals surface area contributed by atoms with Gasteiger partial charge >= 0.3 is 0 Å². The van der Waals surface area contributed by atoms with E-state index >= 15 is 0 Å². The van der Waals surface area contributed by atoms with Crippen LogP contribution in [0, 0.1) is 5.41 Å². The van der Waals surface area contributed by atoms with Crippen molar-refractivity contribution in [3.05, 3.63) is 24.3 Å². The van der Waals surface area contributed by atoms with Crippen LogP contribution in [0.15, 0.2) is 24.3 Å². The van der Waals surface area contributed by atoms with Gasteiger partial charge in [0.15, 0.2) is 0 Å². The molecule has 0 fully saturated rings. The van der Waals surface area contributed by atoms with E-state index in [0.29, 0.717) is 5.41 Å². The Morgan fingerprint density at radius 3 is 2.11 bits per heavy atom. The molecule has 1 aliphatic rings. The van der Waals surface area contributed by atoms with E-state index in [2.05, 4.69) is 38.2 Å². The SMILES string of the molecule is C.CC1(C)C=CC=CC1. The van der Waals surface area contributed by atoms with E-state index in [9.17, 15) is 0 Å². The van der Waals surface area contributed by atoms with E-state index in [1.165, 1.54) is 6.42 Å². The fraction of sp³-hybridized carbons (Fsp3) is 0.556. The molecule has 0 aliphatic heterocycles. The van der Waals surface area contributed by atoms with E-state index < -0.39 is 0 Å². The standard InChI is InChI=1S/C8H12.CH4/c1-8(2)6-4-3-5-7-8;/h3-6H,7H2,1-2H3;1H4. The quantitative estimate of drug-likeness (QED) is 0.465. The molecule has 0 saturated heterocycles. The van der Waals surface area contributed by atoms with Crippen LogP contribution in [0.5, 0.6) is 0 Å². The predicted molar refractivity (Wildman–Crippen MR) is 43.4 cm³/mol. The van der Waals surface area contributed by atoms with Gasteiger partial charge in [0, 0.05) is 0 Å². The Labute approximate surface area is 58.3 Å². The number of allylic oxidation sites excluding steroid dienone is 4. The molecule has 1 aliphatic carbocycles. The monoisotopic (exact) mass is 124 g/mol. The van der Waals surface area contributed by atoms with Crippen molar-refractivity contribution in [2.45, 2.75) is 27.7 Å². The van der Waals surface area contributed by atoms with Crippen molar-refractivity contribution in [1.82, 2.24) is 0 Å². The maximum Gasteiger partial charge on any atom is -0.0137 e. The van der Waals surface area contributed by atoms with E-state index in [1.54, 1.807) is 0 Å². The summed E-state index contributed by atoms with van der Waals surface area (Å²) in [4.78, 5) is 0. The minimum atomic E-state index is 0. The second-order valence-electron chi connectivity index (χ2n) is 2.98. The van der Waals surface area contributed by atoms with Crippen molar-refractivity contribution in [3.63, 3.8) is 0 Å². The lowest BCUT2D eigenvalue weighted by Gasteiger charge is -2.19. The van der Waals surface area contributed by atoms with Gasteiger partial charge in [-0.25, -0.2) is 0 Å². The van der Waals surface area contributed by atoms with Crippen LogP contribution < -0.4 is 0 Å². The molecule has 52 valence electrons. The predicted octanol–water partition coefficient (Wildman–Crippen LogP) is 3.16. The van der Waals surface area contributed by atoms with Gasteiger partial charge in [0.2, 0.25) is 0 Å². The molecule has 0 heterocycles. The molecule has 0 saturated carbocycles. The third kappa shape index (κ3) is 2.50. The highest BCUT2D eigenvalue weighted by molar-refractivity contribution is 5.13. The molecular formula is C9H16. The lowest BCUT2D eigenvalue weighted by atomic mass is 9.86. The molecule has 0 spiro atoms. The first kappa shape index (κ1) is 8.48. The van der Waals surface area contributed by atoms with Crippen molar-refractivity contribution in [2.24, 2.45) is 5.41 Å². The van der Waals surface area contributed by atoms with Gasteiger partial charge in [-0.3, -0.25) is 0 Å². The second-order valence-corrected chi connectivity index (χ2v) is 2.98. The first-order chi connectivity index (χ1) is 3.71. The van der Waals surface area contributed by atoms with Crippen LogP contribution in [0.25, 0.3) is 0 Å². The topological polar surface area (TPSA) is 0 Å². The van der Waals surface area contributed by atoms with Crippen molar-refractivity contribution >= 4 is 0 Å². The molecule has 0 bridgehead atoms. The van der Waals surface area contributed by atoms with Crippen molar-refractivity contribution in [2.75, 3.05) is 0 Å². The largest absolute Gasteiger partial charge is 0.0837 e. The Bertz CT molecular complexity index is 127. The van der Waals surface area contributed by atoms with E-state index in [4.69, 9.17) is 0 Å². The third-order valence-electron chi connectivity index (χ3n) is 1.44. The zero-order valence-electron chi connectivity index (χ0n) is 5.52. The van der Waals surface area contributed by atoms with E-state index in [-0.39, 0.29) is 7.43 Å². The number of hydrogen-bond acceptors (Lipinski definition) is 0. The summed E-state index contributed by atoms with van der Waals surface area (Å²) >= 11 is 0. The lowest BCUT2D eigenvalue weighted by Crippen LogP contribution is -2.06. The molecule has 0 aromatic carbocycles. The Hall–Kier alpha value is -0.520. The summed E-state index contributed by atoms with van der Waals surface area (Å²) in [7, 11) is 0. The molecule has 0 nitrogen and oxygen atoms in total. The molecule has 0 atom stereocenters. The smallest absolute Gasteiger partial charge is 0.0137 e. The zero-order chi connectivity index (χ0) is 6.04. The average molecular weight is 124 g/mol. The van der Waals surface area contributed by atoms with Crippen molar-refractivity contribution in [3.8, 4) is 0 Å². The van der Waals surface area contributed by atoms with Crippen LogP contribution in [0.3, 0.4) is 0 Å².